The van der Waals surface area contributed by atoms with Gasteiger partial charge in [-0.15, -0.1) is 0 Å². The smallest absolute Gasteiger partial charge is 0.335 e. The van der Waals surface area contributed by atoms with E-state index in [2.05, 4.69) is 4.72 Å². The molecule has 0 spiro atoms. The van der Waals surface area contributed by atoms with Crippen LogP contribution in [-0.4, -0.2) is 25.0 Å². The Morgan fingerprint density at radius 1 is 1.37 bits per heavy atom. The summed E-state index contributed by atoms with van der Waals surface area (Å²) in [6, 6.07) is 4.16. The summed E-state index contributed by atoms with van der Waals surface area (Å²) in [5.41, 5.74) is 0.163. The average Bonchev–Trinajstić information content (AvgIpc) is 2.26. The molecule has 5 nitrogen and oxygen atoms in total. The molecule has 1 saturated carbocycles. The average molecular weight is 283 g/mol. The van der Waals surface area contributed by atoms with Crippen LogP contribution in [0, 0.1) is 6.92 Å². The minimum Gasteiger partial charge on any atom is -0.478 e. The van der Waals surface area contributed by atoms with Crippen molar-refractivity contribution in [3.05, 3.63) is 29.3 Å². The van der Waals surface area contributed by atoms with E-state index in [1.807, 2.05) is 6.92 Å². The van der Waals surface area contributed by atoms with Crippen molar-refractivity contribution in [3.8, 4) is 0 Å². The number of hydrogen-bond donors (Lipinski definition) is 2. The van der Waals surface area contributed by atoms with Gasteiger partial charge in [-0.2, -0.15) is 0 Å². The molecular weight excluding hydrogens is 266 g/mol. The van der Waals surface area contributed by atoms with Gasteiger partial charge < -0.3 is 5.11 Å². The summed E-state index contributed by atoms with van der Waals surface area (Å²) >= 11 is 0. The van der Waals surface area contributed by atoms with Gasteiger partial charge in [-0.05, 0) is 50.8 Å². The van der Waals surface area contributed by atoms with Crippen LogP contribution in [0.1, 0.15) is 42.1 Å². The standard InChI is InChI=1S/C13H17NO4S/c1-9-4-5-10(8-11(9)12(15)16)19(17,18)14-13(2)6-3-7-13/h4-5,8,14H,3,6-7H2,1-2H3,(H,15,16). The summed E-state index contributed by atoms with van der Waals surface area (Å²) in [7, 11) is -3.66. The molecule has 0 radical (unpaired) electrons. The highest BCUT2D eigenvalue weighted by Crippen LogP contribution is 2.32. The third kappa shape index (κ3) is 2.79. The van der Waals surface area contributed by atoms with E-state index in [-0.39, 0.29) is 10.5 Å². The van der Waals surface area contributed by atoms with E-state index in [0.29, 0.717) is 5.56 Å². The zero-order valence-corrected chi connectivity index (χ0v) is 11.8. The monoisotopic (exact) mass is 283 g/mol. The van der Waals surface area contributed by atoms with E-state index in [4.69, 9.17) is 5.11 Å². The van der Waals surface area contributed by atoms with Crippen molar-refractivity contribution < 1.29 is 18.3 Å². The van der Waals surface area contributed by atoms with Crippen molar-refractivity contribution in [2.45, 2.75) is 43.5 Å². The van der Waals surface area contributed by atoms with Gasteiger partial charge >= 0.3 is 5.97 Å². The predicted molar refractivity (Wildman–Crippen MR) is 70.7 cm³/mol. The second-order valence-corrected chi connectivity index (χ2v) is 6.98. The molecule has 1 aromatic rings. The summed E-state index contributed by atoms with van der Waals surface area (Å²) in [6.07, 6.45) is 2.63. The number of aryl methyl sites for hydroxylation is 1. The van der Waals surface area contributed by atoms with Crippen molar-refractivity contribution in [1.82, 2.24) is 4.72 Å². The number of carbonyl (C=O) groups is 1. The Bertz CT molecular complexity index is 618. The van der Waals surface area contributed by atoms with Crippen LogP contribution in [0.2, 0.25) is 0 Å². The predicted octanol–water partition coefficient (Wildman–Crippen LogP) is 1.91. The fourth-order valence-corrected chi connectivity index (χ4v) is 3.68. The molecule has 0 atom stereocenters. The Balaban J connectivity index is 2.35. The SMILES string of the molecule is Cc1ccc(S(=O)(=O)NC2(C)CCC2)cc1C(=O)O. The quantitative estimate of drug-likeness (QED) is 0.884. The second-order valence-electron chi connectivity index (χ2n) is 5.30. The van der Waals surface area contributed by atoms with E-state index >= 15 is 0 Å². The van der Waals surface area contributed by atoms with E-state index in [1.54, 1.807) is 6.92 Å². The van der Waals surface area contributed by atoms with Crippen LogP contribution >= 0.6 is 0 Å². The lowest BCUT2D eigenvalue weighted by molar-refractivity contribution is 0.0696. The molecule has 1 aromatic carbocycles. The minimum atomic E-state index is -3.66. The van der Waals surface area contributed by atoms with Crippen LogP contribution in [0.3, 0.4) is 0 Å². The number of nitrogens with one attached hydrogen (secondary N) is 1. The molecular formula is C13H17NO4S. The Kier molecular flexibility index (Phi) is 3.40. The number of sulfonamides is 1. The number of aromatic carboxylic acids is 1. The topological polar surface area (TPSA) is 83.5 Å². The van der Waals surface area contributed by atoms with Crippen LogP contribution in [0.15, 0.2) is 23.1 Å². The van der Waals surface area contributed by atoms with E-state index in [9.17, 15) is 13.2 Å². The summed E-state index contributed by atoms with van der Waals surface area (Å²) in [4.78, 5) is 11.0. The third-order valence-corrected chi connectivity index (χ3v) is 5.22. The van der Waals surface area contributed by atoms with Crippen molar-refractivity contribution in [3.63, 3.8) is 0 Å². The number of hydrogen-bond acceptors (Lipinski definition) is 3. The van der Waals surface area contributed by atoms with Gasteiger partial charge in [0.15, 0.2) is 0 Å². The first kappa shape index (κ1) is 14.0. The van der Waals surface area contributed by atoms with Gasteiger partial charge in [0, 0.05) is 5.54 Å². The Labute approximate surface area is 112 Å². The highest BCUT2D eigenvalue weighted by molar-refractivity contribution is 7.89. The van der Waals surface area contributed by atoms with Crippen molar-refractivity contribution in [2.75, 3.05) is 0 Å². The molecule has 0 heterocycles. The zero-order chi connectivity index (χ0) is 14.3. The maximum atomic E-state index is 12.2. The number of benzene rings is 1. The maximum Gasteiger partial charge on any atom is 0.335 e. The fourth-order valence-electron chi connectivity index (χ4n) is 2.19. The van der Waals surface area contributed by atoms with Gasteiger partial charge in [-0.1, -0.05) is 6.07 Å². The molecule has 1 aliphatic rings. The molecule has 6 heteroatoms. The van der Waals surface area contributed by atoms with Gasteiger partial charge in [-0.3, -0.25) is 0 Å². The van der Waals surface area contributed by atoms with E-state index in [1.165, 1.54) is 18.2 Å². The highest BCUT2D eigenvalue weighted by atomic mass is 32.2. The van der Waals surface area contributed by atoms with Crippen LogP contribution in [0.25, 0.3) is 0 Å². The lowest BCUT2D eigenvalue weighted by Crippen LogP contribution is -2.50. The lowest BCUT2D eigenvalue weighted by Gasteiger charge is -2.38. The first-order chi connectivity index (χ1) is 8.73. The van der Waals surface area contributed by atoms with Crippen molar-refractivity contribution in [1.29, 1.82) is 0 Å². The third-order valence-electron chi connectivity index (χ3n) is 3.59. The zero-order valence-electron chi connectivity index (χ0n) is 10.9. The van der Waals surface area contributed by atoms with Crippen molar-refractivity contribution in [2.24, 2.45) is 0 Å². The molecule has 0 unspecified atom stereocenters. The molecule has 0 saturated heterocycles. The molecule has 0 amide bonds. The maximum absolute atomic E-state index is 12.2. The fraction of sp³-hybridized carbons (Fsp3) is 0.462. The summed E-state index contributed by atoms with van der Waals surface area (Å²) in [5, 5.41) is 9.03. The normalized spacial score (nSPS) is 17.8. The first-order valence-electron chi connectivity index (χ1n) is 6.11. The summed E-state index contributed by atoms with van der Waals surface area (Å²) < 4.78 is 27.1. The lowest BCUT2D eigenvalue weighted by atomic mass is 9.80. The molecule has 1 aliphatic carbocycles. The molecule has 0 bridgehead atoms. The van der Waals surface area contributed by atoms with Gasteiger partial charge in [-0.25, -0.2) is 17.9 Å². The molecule has 104 valence electrons. The Morgan fingerprint density at radius 3 is 2.47 bits per heavy atom. The number of carboxylic acids is 1. The largest absolute Gasteiger partial charge is 0.478 e. The van der Waals surface area contributed by atoms with Gasteiger partial charge in [0.05, 0.1) is 10.5 Å². The molecule has 2 N–H and O–H groups in total. The summed E-state index contributed by atoms with van der Waals surface area (Å²) in [5.74, 6) is -1.12. The summed E-state index contributed by atoms with van der Waals surface area (Å²) in [6.45, 7) is 3.50. The van der Waals surface area contributed by atoms with Crippen LogP contribution in [0.5, 0.6) is 0 Å². The first-order valence-corrected chi connectivity index (χ1v) is 7.60. The molecule has 0 aliphatic heterocycles. The number of rotatable bonds is 4. The van der Waals surface area contributed by atoms with Gasteiger partial charge in [0.2, 0.25) is 10.0 Å². The van der Waals surface area contributed by atoms with Gasteiger partial charge in [0.1, 0.15) is 0 Å². The van der Waals surface area contributed by atoms with Crippen LogP contribution < -0.4 is 4.72 Å². The molecule has 1 fully saturated rings. The molecule has 19 heavy (non-hydrogen) atoms. The Hall–Kier alpha value is -1.40. The van der Waals surface area contributed by atoms with E-state index < -0.39 is 21.5 Å². The van der Waals surface area contributed by atoms with Crippen molar-refractivity contribution >= 4 is 16.0 Å². The van der Waals surface area contributed by atoms with Gasteiger partial charge in [0.25, 0.3) is 0 Å². The van der Waals surface area contributed by atoms with Crippen LogP contribution in [0.4, 0.5) is 0 Å². The Morgan fingerprint density at radius 2 is 2.00 bits per heavy atom. The molecule has 0 aromatic heterocycles. The van der Waals surface area contributed by atoms with E-state index in [0.717, 1.165) is 19.3 Å². The van der Waals surface area contributed by atoms with Crippen LogP contribution in [-0.2, 0) is 10.0 Å². The number of carboxylic acid groups (broad SMARTS) is 1. The second kappa shape index (κ2) is 4.61. The highest BCUT2D eigenvalue weighted by Gasteiger charge is 2.36. The minimum absolute atomic E-state index is 0.00336. The molecule has 2 rings (SSSR count).